The maximum Gasteiger partial charge on any atom is 0.176 e. The lowest BCUT2D eigenvalue weighted by molar-refractivity contribution is 0.0922. The first-order chi connectivity index (χ1) is 8.25. The van der Waals surface area contributed by atoms with Crippen LogP contribution in [0, 0.1) is 0 Å². The maximum absolute atomic E-state index is 12.0. The van der Waals surface area contributed by atoms with Gasteiger partial charge >= 0.3 is 0 Å². The third-order valence-electron chi connectivity index (χ3n) is 2.83. The Bertz CT molecular complexity index is 387. The zero-order valence-corrected chi connectivity index (χ0v) is 10.4. The number of hydrogen-bond donors (Lipinski definition) is 0. The summed E-state index contributed by atoms with van der Waals surface area (Å²) in [6.45, 7) is 3.70. The van der Waals surface area contributed by atoms with Gasteiger partial charge in [-0.25, -0.2) is 0 Å². The van der Waals surface area contributed by atoms with Gasteiger partial charge in [0.25, 0.3) is 0 Å². The molecule has 3 nitrogen and oxygen atoms in total. The summed E-state index contributed by atoms with van der Waals surface area (Å²) in [6.07, 6.45) is 0.989. The zero-order chi connectivity index (χ0) is 12.1. The van der Waals surface area contributed by atoms with Gasteiger partial charge in [0.15, 0.2) is 5.78 Å². The minimum absolute atomic E-state index is 0.120. The number of benzene rings is 1. The highest BCUT2D eigenvalue weighted by Crippen LogP contribution is 2.12. The summed E-state index contributed by atoms with van der Waals surface area (Å²) in [4.78, 5) is 14.2. The second-order valence-electron chi connectivity index (χ2n) is 4.18. The van der Waals surface area contributed by atoms with Gasteiger partial charge in [-0.2, -0.15) is 0 Å². The first-order valence-electron chi connectivity index (χ1n) is 5.84. The van der Waals surface area contributed by atoms with Crippen LogP contribution in [0.2, 0.25) is 5.02 Å². The fourth-order valence-electron chi connectivity index (χ4n) is 1.91. The largest absolute Gasteiger partial charge is 0.380 e. The van der Waals surface area contributed by atoms with E-state index >= 15 is 0 Å². The van der Waals surface area contributed by atoms with E-state index in [1.807, 2.05) is 6.07 Å². The second-order valence-corrected chi connectivity index (χ2v) is 4.61. The molecule has 0 N–H and O–H groups in total. The number of ether oxygens (including phenoxy) is 1. The fourth-order valence-corrected chi connectivity index (χ4v) is 2.10. The van der Waals surface area contributed by atoms with Gasteiger partial charge in [-0.3, -0.25) is 9.69 Å². The van der Waals surface area contributed by atoms with Crippen LogP contribution >= 0.6 is 11.6 Å². The van der Waals surface area contributed by atoms with E-state index in [2.05, 4.69) is 4.90 Å². The predicted molar refractivity (Wildman–Crippen MR) is 67.7 cm³/mol. The van der Waals surface area contributed by atoms with E-state index in [9.17, 15) is 4.79 Å². The Morgan fingerprint density at radius 3 is 3.06 bits per heavy atom. The zero-order valence-electron chi connectivity index (χ0n) is 9.69. The molecular weight excluding hydrogens is 238 g/mol. The van der Waals surface area contributed by atoms with Crippen molar-refractivity contribution in [3.05, 3.63) is 34.9 Å². The van der Waals surface area contributed by atoms with Gasteiger partial charge in [-0.05, 0) is 18.6 Å². The molecule has 1 fully saturated rings. The Kier molecular flexibility index (Phi) is 4.54. The van der Waals surface area contributed by atoms with E-state index < -0.39 is 0 Å². The monoisotopic (exact) mass is 253 g/mol. The van der Waals surface area contributed by atoms with E-state index in [-0.39, 0.29) is 5.78 Å². The van der Waals surface area contributed by atoms with Crippen LogP contribution in [-0.2, 0) is 4.74 Å². The molecule has 0 saturated carbocycles. The van der Waals surface area contributed by atoms with Gasteiger partial charge in [-0.1, -0.05) is 23.7 Å². The molecule has 4 heteroatoms. The molecule has 92 valence electrons. The number of nitrogens with zero attached hydrogens (tertiary/aromatic N) is 1. The molecule has 1 saturated heterocycles. The highest BCUT2D eigenvalue weighted by Gasteiger charge is 2.14. The van der Waals surface area contributed by atoms with E-state index in [1.165, 1.54) is 0 Å². The van der Waals surface area contributed by atoms with Crippen molar-refractivity contribution in [3.8, 4) is 0 Å². The first-order valence-corrected chi connectivity index (χ1v) is 6.22. The molecule has 0 radical (unpaired) electrons. The highest BCUT2D eigenvalue weighted by atomic mass is 35.5. The van der Waals surface area contributed by atoms with Crippen molar-refractivity contribution >= 4 is 17.4 Å². The minimum atomic E-state index is 0.120. The highest BCUT2D eigenvalue weighted by molar-refractivity contribution is 6.31. The molecule has 0 aromatic heterocycles. The molecule has 2 rings (SSSR count). The second kappa shape index (κ2) is 6.15. The van der Waals surface area contributed by atoms with Gasteiger partial charge in [0, 0.05) is 30.3 Å². The standard InChI is InChI=1S/C13H16ClNO2/c14-12-4-1-3-11(9-12)13(16)10-15-5-2-7-17-8-6-15/h1,3-4,9H,2,5-8,10H2. The van der Waals surface area contributed by atoms with E-state index in [0.717, 1.165) is 26.1 Å². The summed E-state index contributed by atoms with van der Waals surface area (Å²) >= 11 is 5.87. The average molecular weight is 254 g/mol. The van der Waals surface area contributed by atoms with Gasteiger partial charge < -0.3 is 4.74 Å². The van der Waals surface area contributed by atoms with E-state index in [4.69, 9.17) is 16.3 Å². The third-order valence-corrected chi connectivity index (χ3v) is 3.06. The lowest BCUT2D eigenvalue weighted by Gasteiger charge is -2.17. The van der Waals surface area contributed by atoms with E-state index in [1.54, 1.807) is 18.2 Å². The Balaban J connectivity index is 1.96. The number of Topliss-reactive ketones (excluding diaryl/α,β-unsaturated/α-hetero) is 1. The van der Waals surface area contributed by atoms with E-state index in [0.29, 0.717) is 23.7 Å². The van der Waals surface area contributed by atoms with Crippen molar-refractivity contribution in [1.82, 2.24) is 4.90 Å². The number of carbonyl (C=O) groups is 1. The Morgan fingerprint density at radius 1 is 1.35 bits per heavy atom. The summed E-state index contributed by atoms with van der Waals surface area (Å²) < 4.78 is 5.36. The first kappa shape index (κ1) is 12.6. The van der Waals surface area contributed by atoms with Crippen LogP contribution in [0.25, 0.3) is 0 Å². The Hall–Kier alpha value is -0.900. The van der Waals surface area contributed by atoms with Crippen LogP contribution in [-0.4, -0.2) is 43.5 Å². The summed E-state index contributed by atoms with van der Waals surface area (Å²) in [5.41, 5.74) is 0.683. The van der Waals surface area contributed by atoms with Crippen LogP contribution in [0.1, 0.15) is 16.8 Å². The molecule has 0 unspecified atom stereocenters. The Morgan fingerprint density at radius 2 is 2.24 bits per heavy atom. The third kappa shape index (κ3) is 3.80. The molecule has 1 aromatic carbocycles. The molecule has 0 atom stereocenters. The summed E-state index contributed by atoms with van der Waals surface area (Å²) in [7, 11) is 0. The van der Waals surface area contributed by atoms with Gasteiger partial charge in [0.2, 0.25) is 0 Å². The summed E-state index contributed by atoms with van der Waals surface area (Å²) in [6, 6.07) is 7.11. The molecule has 1 aromatic rings. The van der Waals surface area contributed by atoms with Crippen molar-refractivity contribution in [1.29, 1.82) is 0 Å². The number of ketones is 1. The average Bonchev–Trinajstić information content (AvgIpc) is 2.57. The molecule has 1 aliphatic heterocycles. The number of halogens is 1. The van der Waals surface area contributed by atoms with Crippen LogP contribution in [0.15, 0.2) is 24.3 Å². The number of carbonyl (C=O) groups excluding carboxylic acids is 1. The van der Waals surface area contributed by atoms with Crippen molar-refractivity contribution < 1.29 is 9.53 Å². The lowest BCUT2D eigenvalue weighted by atomic mass is 10.1. The Labute approximate surface area is 106 Å². The number of hydrogen-bond acceptors (Lipinski definition) is 3. The molecule has 17 heavy (non-hydrogen) atoms. The van der Waals surface area contributed by atoms with Gasteiger partial charge in [0.1, 0.15) is 0 Å². The van der Waals surface area contributed by atoms with Crippen molar-refractivity contribution in [2.24, 2.45) is 0 Å². The summed E-state index contributed by atoms with van der Waals surface area (Å²) in [5, 5.41) is 0.607. The molecule has 0 aliphatic carbocycles. The molecule has 0 spiro atoms. The molecule has 1 heterocycles. The predicted octanol–water partition coefficient (Wildman–Crippen LogP) is 2.25. The van der Waals surface area contributed by atoms with Crippen molar-refractivity contribution in [3.63, 3.8) is 0 Å². The fraction of sp³-hybridized carbons (Fsp3) is 0.462. The molecular formula is C13H16ClNO2. The van der Waals surface area contributed by atoms with Crippen LogP contribution < -0.4 is 0 Å². The van der Waals surface area contributed by atoms with Gasteiger partial charge in [0.05, 0.1) is 13.2 Å². The number of rotatable bonds is 3. The summed E-state index contributed by atoms with van der Waals surface area (Å²) in [5.74, 6) is 0.120. The normalized spacial score (nSPS) is 17.7. The van der Waals surface area contributed by atoms with Crippen molar-refractivity contribution in [2.45, 2.75) is 6.42 Å². The van der Waals surface area contributed by atoms with Crippen molar-refractivity contribution in [2.75, 3.05) is 32.8 Å². The topological polar surface area (TPSA) is 29.5 Å². The SMILES string of the molecule is O=C(CN1CCCOCC1)c1cccc(Cl)c1. The molecule has 1 aliphatic rings. The molecule has 0 amide bonds. The smallest absolute Gasteiger partial charge is 0.176 e. The van der Waals surface area contributed by atoms with Crippen LogP contribution in [0.5, 0.6) is 0 Å². The minimum Gasteiger partial charge on any atom is -0.380 e. The van der Waals surface area contributed by atoms with Crippen LogP contribution in [0.3, 0.4) is 0 Å². The van der Waals surface area contributed by atoms with Gasteiger partial charge in [-0.15, -0.1) is 0 Å². The van der Waals surface area contributed by atoms with Crippen LogP contribution in [0.4, 0.5) is 0 Å². The molecule has 0 bridgehead atoms. The maximum atomic E-state index is 12.0. The lowest BCUT2D eigenvalue weighted by Crippen LogP contribution is -2.32. The quantitative estimate of drug-likeness (QED) is 0.774.